The third kappa shape index (κ3) is 3.32. The molecule has 1 aliphatic carbocycles. The maximum atomic E-state index is 13.9. The number of aryl methyl sites for hydroxylation is 2. The lowest BCUT2D eigenvalue weighted by Gasteiger charge is -2.18. The molecule has 2 rings (SSSR count). The molecule has 1 unspecified atom stereocenters. The second kappa shape index (κ2) is 5.83. The van der Waals surface area contributed by atoms with E-state index in [0.29, 0.717) is 6.04 Å². The standard InChI is InChI=1S/C16H24FN/c1-4-18-16(13-5-6-13)8-7-14-12(3)9-11(2)10-15(14)17/h9-10,13,16,18H,4-8H2,1-3H3. The summed E-state index contributed by atoms with van der Waals surface area (Å²) in [7, 11) is 0. The van der Waals surface area contributed by atoms with Crippen molar-refractivity contribution in [3.05, 3.63) is 34.6 Å². The Bertz CT molecular complexity index is 387. The maximum absolute atomic E-state index is 13.9. The molecule has 0 spiro atoms. The number of halogens is 1. The Morgan fingerprint density at radius 2 is 2.06 bits per heavy atom. The van der Waals surface area contributed by atoms with Crippen molar-refractivity contribution in [1.82, 2.24) is 5.32 Å². The summed E-state index contributed by atoms with van der Waals surface area (Å²) >= 11 is 0. The number of rotatable bonds is 6. The first-order valence-corrected chi connectivity index (χ1v) is 7.10. The smallest absolute Gasteiger partial charge is 0.126 e. The number of benzene rings is 1. The molecule has 0 aliphatic heterocycles. The van der Waals surface area contributed by atoms with E-state index in [1.807, 2.05) is 13.8 Å². The Kier molecular flexibility index (Phi) is 4.39. The molecule has 0 heterocycles. The van der Waals surface area contributed by atoms with Gasteiger partial charge < -0.3 is 5.32 Å². The molecule has 1 aliphatic rings. The fraction of sp³-hybridized carbons (Fsp3) is 0.625. The van der Waals surface area contributed by atoms with Crippen LogP contribution in [0.1, 0.15) is 42.9 Å². The first kappa shape index (κ1) is 13.5. The summed E-state index contributed by atoms with van der Waals surface area (Å²) < 4.78 is 13.9. The van der Waals surface area contributed by atoms with Crippen molar-refractivity contribution in [2.45, 2.75) is 52.5 Å². The number of hydrogen-bond acceptors (Lipinski definition) is 1. The van der Waals surface area contributed by atoms with Crippen LogP contribution in [0.3, 0.4) is 0 Å². The summed E-state index contributed by atoms with van der Waals surface area (Å²) in [6.07, 6.45) is 4.59. The Labute approximate surface area is 110 Å². The zero-order valence-electron chi connectivity index (χ0n) is 11.7. The van der Waals surface area contributed by atoms with Crippen LogP contribution in [0.2, 0.25) is 0 Å². The van der Waals surface area contributed by atoms with Crippen LogP contribution in [0.5, 0.6) is 0 Å². The van der Waals surface area contributed by atoms with Gasteiger partial charge in [0.1, 0.15) is 5.82 Å². The molecule has 1 nitrogen and oxygen atoms in total. The van der Waals surface area contributed by atoms with Gasteiger partial charge in [-0.15, -0.1) is 0 Å². The molecule has 0 amide bonds. The first-order valence-electron chi connectivity index (χ1n) is 7.10. The maximum Gasteiger partial charge on any atom is 0.126 e. The predicted molar refractivity (Wildman–Crippen MR) is 74.4 cm³/mol. The molecule has 1 fully saturated rings. The van der Waals surface area contributed by atoms with Gasteiger partial charge in [-0.1, -0.05) is 13.0 Å². The molecule has 1 atom stereocenters. The molecule has 1 aromatic rings. The van der Waals surface area contributed by atoms with Crippen LogP contribution in [0.25, 0.3) is 0 Å². The summed E-state index contributed by atoms with van der Waals surface area (Å²) in [5.41, 5.74) is 3.02. The quantitative estimate of drug-likeness (QED) is 0.809. The van der Waals surface area contributed by atoms with Gasteiger partial charge in [-0.3, -0.25) is 0 Å². The molecule has 0 bridgehead atoms. The SMILES string of the molecule is CCNC(CCc1c(C)cc(C)cc1F)C1CC1. The van der Waals surface area contributed by atoms with E-state index in [1.165, 1.54) is 12.8 Å². The van der Waals surface area contributed by atoms with E-state index < -0.39 is 0 Å². The summed E-state index contributed by atoms with van der Waals surface area (Å²) in [5.74, 6) is 0.803. The zero-order valence-corrected chi connectivity index (χ0v) is 11.7. The molecule has 1 aromatic carbocycles. The van der Waals surface area contributed by atoms with E-state index in [4.69, 9.17) is 0 Å². The number of nitrogens with one attached hydrogen (secondary N) is 1. The lowest BCUT2D eigenvalue weighted by molar-refractivity contribution is 0.442. The van der Waals surface area contributed by atoms with Crippen molar-refractivity contribution >= 4 is 0 Å². The lowest BCUT2D eigenvalue weighted by Crippen LogP contribution is -2.31. The Hall–Kier alpha value is -0.890. The molecule has 0 saturated heterocycles. The van der Waals surface area contributed by atoms with Gasteiger partial charge >= 0.3 is 0 Å². The minimum atomic E-state index is -0.0291. The average Bonchev–Trinajstić information content (AvgIpc) is 3.09. The van der Waals surface area contributed by atoms with Crippen molar-refractivity contribution in [2.24, 2.45) is 5.92 Å². The highest BCUT2D eigenvalue weighted by molar-refractivity contribution is 5.32. The third-order valence-corrected chi connectivity index (χ3v) is 3.93. The van der Waals surface area contributed by atoms with Gasteiger partial charge in [0, 0.05) is 6.04 Å². The van der Waals surface area contributed by atoms with Gasteiger partial charge in [0.15, 0.2) is 0 Å². The Balaban J connectivity index is 2.00. The molecule has 2 heteroatoms. The van der Waals surface area contributed by atoms with E-state index in [2.05, 4.69) is 18.3 Å². The second-order valence-electron chi connectivity index (χ2n) is 5.58. The molecule has 1 N–H and O–H groups in total. The highest BCUT2D eigenvalue weighted by Crippen LogP contribution is 2.34. The van der Waals surface area contributed by atoms with Crippen LogP contribution in [0.4, 0.5) is 4.39 Å². The van der Waals surface area contributed by atoms with Gasteiger partial charge in [-0.05, 0) is 74.8 Å². The molecule has 0 radical (unpaired) electrons. The second-order valence-corrected chi connectivity index (χ2v) is 5.58. The fourth-order valence-corrected chi connectivity index (χ4v) is 2.83. The fourth-order valence-electron chi connectivity index (χ4n) is 2.83. The highest BCUT2D eigenvalue weighted by Gasteiger charge is 2.30. The van der Waals surface area contributed by atoms with E-state index >= 15 is 0 Å². The first-order chi connectivity index (χ1) is 8.61. The molecule has 18 heavy (non-hydrogen) atoms. The third-order valence-electron chi connectivity index (χ3n) is 3.93. The van der Waals surface area contributed by atoms with Crippen molar-refractivity contribution in [1.29, 1.82) is 0 Å². The monoisotopic (exact) mass is 249 g/mol. The molecular formula is C16H24FN. The van der Waals surface area contributed by atoms with Gasteiger partial charge in [0.2, 0.25) is 0 Å². The Morgan fingerprint density at radius 1 is 1.33 bits per heavy atom. The molecule has 0 aromatic heterocycles. The van der Waals surface area contributed by atoms with Crippen LogP contribution in [-0.4, -0.2) is 12.6 Å². The van der Waals surface area contributed by atoms with E-state index in [0.717, 1.165) is 42.0 Å². The van der Waals surface area contributed by atoms with Crippen LogP contribution >= 0.6 is 0 Å². The van der Waals surface area contributed by atoms with Crippen molar-refractivity contribution in [2.75, 3.05) is 6.54 Å². The van der Waals surface area contributed by atoms with Crippen LogP contribution in [0.15, 0.2) is 12.1 Å². The van der Waals surface area contributed by atoms with E-state index in [-0.39, 0.29) is 5.82 Å². The minimum absolute atomic E-state index is 0.0291. The van der Waals surface area contributed by atoms with Crippen molar-refractivity contribution < 1.29 is 4.39 Å². The summed E-state index contributed by atoms with van der Waals surface area (Å²) in [6.45, 7) is 7.12. The normalized spacial score (nSPS) is 16.9. The van der Waals surface area contributed by atoms with Gasteiger partial charge in [-0.25, -0.2) is 4.39 Å². The summed E-state index contributed by atoms with van der Waals surface area (Å²) in [5, 5.41) is 3.54. The molecule has 1 saturated carbocycles. The summed E-state index contributed by atoms with van der Waals surface area (Å²) in [6, 6.07) is 4.31. The highest BCUT2D eigenvalue weighted by atomic mass is 19.1. The van der Waals surface area contributed by atoms with Crippen molar-refractivity contribution in [3.8, 4) is 0 Å². The van der Waals surface area contributed by atoms with E-state index in [9.17, 15) is 4.39 Å². The largest absolute Gasteiger partial charge is 0.314 e. The van der Waals surface area contributed by atoms with Crippen LogP contribution in [-0.2, 0) is 6.42 Å². The molecular weight excluding hydrogens is 225 g/mol. The zero-order chi connectivity index (χ0) is 13.1. The van der Waals surface area contributed by atoms with Crippen molar-refractivity contribution in [3.63, 3.8) is 0 Å². The van der Waals surface area contributed by atoms with Gasteiger partial charge in [0.25, 0.3) is 0 Å². The van der Waals surface area contributed by atoms with Gasteiger partial charge in [-0.2, -0.15) is 0 Å². The van der Waals surface area contributed by atoms with E-state index in [1.54, 1.807) is 6.07 Å². The van der Waals surface area contributed by atoms with Crippen LogP contribution < -0.4 is 5.32 Å². The Morgan fingerprint density at radius 3 is 2.61 bits per heavy atom. The van der Waals surface area contributed by atoms with Crippen LogP contribution in [0, 0.1) is 25.6 Å². The minimum Gasteiger partial charge on any atom is -0.314 e. The predicted octanol–water partition coefficient (Wildman–Crippen LogP) is 3.76. The lowest BCUT2D eigenvalue weighted by atomic mass is 9.97. The summed E-state index contributed by atoms with van der Waals surface area (Å²) in [4.78, 5) is 0. The van der Waals surface area contributed by atoms with Gasteiger partial charge in [0.05, 0.1) is 0 Å². The number of hydrogen-bond donors (Lipinski definition) is 1. The average molecular weight is 249 g/mol. The molecule has 100 valence electrons. The topological polar surface area (TPSA) is 12.0 Å².